The van der Waals surface area contributed by atoms with Gasteiger partial charge in [0.15, 0.2) is 17.5 Å². The number of hydrogen-bond acceptors (Lipinski definition) is 0. The van der Waals surface area contributed by atoms with E-state index in [1.165, 1.54) is 30.3 Å². The molecule has 172 valence electrons. The molecule has 0 heterocycles. The van der Waals surface area contributed by atoms with Gasteiger partial charge in [-0.15, -0.1) is 0 Å². The summed E-state index contributed by atoms with van der Waals surface area (Å²) in [6.07, 6.45) is -0.0938. The van der Waals surface area contributed by atoms with Crippen LogP contribution in [0.25, 0.3) is 10.8 Å². The largest absolute Gasteiger partial charge is 0.207 e. The van der Waals surface area contributed by atoms with Crippen LogP contribution in [0.2, 0.25) is 0 Å². The highest BCUT2D eigenvalue weighted by atomic mass is 19.2. The Bertz CT molecular complexity index is 1450. The first-order chi connectivity index (χ1) is 16.1. The lowest BCUT2D eigenvalue weighted by molar-refractivity contribution is 0.453. The van der Waals surface area contributed by atoms with Crippen molar-refractivity contribution in [3.63, 3.8) is 0 Å². The van der Waals surface area contributed by atoms with E-state index >= 15 is 0 Å². The lowest BCUT2D eigenvalue weighted by Gasteiger charge is -2.08. The molecule has 0 atom stereocenters. The predicted octanol–water partition coefficient (Wildman–Crippen LogP) is 7.31. The number of fused-ring (bicyclic) bond motifs is 1. The maximum Gasteiger partial charge on any atom is 0.195 e. The van der Waals surface area contributed by atoms with Crippen molar-refractivity contribution in [2.24, 2.45) is 0 Å². The van der Waals surface area contributed by atoms with Gasteiger partial charge < -0.3 is 0 Å². The molecule has 0 spiro atoms. The van der Waals surface area contributed by atoms with Crippen molar-refractivity contribution in [1.82, 2.24) is 0 Å². The van der Waals surface area contributed by atoms with Gasteiger partial charge in [-0.2, -0.15) is 0 Å². The van der Waals surface area contributed by atoms with Gasteiger partial charge in [0.2, 0.25) is 0 Å². The Balaban J connectivity index is 1.59. The van der Waals surface area contributed by atoms with Gasteiger partial charge >= 0.3 is 0 Å². The minimum Gasteiger partial charge on any atom is -0.207 e. The predicted molar refractivity (Wildman–Crippen MR) is 115 cm³/mol. The summed E-state index contributed by atoms with van der Waals surface area (Å²) < 4.78 is 97.7. The normalized spacial score (nSPS) is 10.9. The van der Waals surface area contributed by atoms with Gasteiger partial charge in [-0.3, -0.25) is 0 Å². The van der Waals surface area contributed by atoms with Crippen LogP contribution in [-0.4, -0.2) is 0 Å². The first-order valence-electron chi connectivity index (χ1n) is 10.2. The minimum atomic E-state index is -1.59. The van der Waals surface area contributed by atoms with Crippen LogP contribution in [0.5, 0.6) is 0 Å². The fraction of sp³-hybridized carbons (Fsp3) is 0.111. The Hall–Kier alpha value is -3.79. The Morgan fingerprint density at radius 2 is 1.26 bits per heavy atom. The average Bonchev–Trinajstić information content (AvgIpc) is 2.76. The van der Waals surface area contributed by atoms with Gasteiger partial charge in [0, 0.05) is 16.5 Å². The smallest absolute Gasteiger partial charge is 0.195 e. The zero-order valence-electron chi connectivity index (χ0n) is 17.7. The highest BCUT2D eigenvalue weighted by molar-refractivity contribution is 5.84. The molecule has 0 radical (unpaired) electrons. The van der Waals surface area contributed by atoms with Crippen LogP contribution in [-0.2, 0) is 12.8 Å². The van der Waals surface area contributed by atoms with E-state index in [9.17, 15) is 30.7 Å². The van der Waals surface area contributed by atoms with Crippen molar-refractivity contribution < 1.29 is 30.7 Å². The molecule has 0 aromatic heterocycles. The SMILES string of the molecule is Cc1cc(F)c(CCc2cc(F)c(C#Cc3ccc4c(F)c(F)c(F)cc4c3)c(F)c2)c(F)c1. The van der Waals surface area contributed by atoms with E-state index < -0.39 is 46.3 Å². The Labute approximate surface area is 190 Å². The molecule has 0 saturated heterocycles. The zero-order valence-corrected chi connectivity index (χ0v) is 17.7. The van der Waals surface area contributed by atoms with E-state index in [1.54, 1.807) is 6.92 Å². The summed E-state index contributed by atoms with van der Waals surface area (Å²) in [7, 11) is 0. The van der Waals surface area contributed by atoms with Gasteiger partial charge in [-0.05, 0) is 78.7 Å². The van der Waals surface area contributed by atoms with Gasteiger partial charge in [-0.25, -0.2) is 30.7 Å². The third kappa shape index (κ3) is 4.62. The van der Waals surface area contributed by atoms with Crippen LogP contribution >= 0.6 is 0 Å². The van der Waals surface area contributed by atoms with E-state index in [2.05, 4.69) is 11.8 Å². The molecule has 7 heteroatoms. The van der Waals surface area contributed by atoms with Crippen LogP contribution in [0.1, 0.15) is 27.8 Å². The molecule has 4 aromatic rings. The van der Waals surface area contributed by atoms with Crippen molar-refractivity contribution in [2.45, 2.75) is 19.8 Å². The highest BCUT2D eigenvalue weighted by Gasteiger charge is 2.15. The molecule has 0 aliphatic carbocycles. The number of hydrogen-bond donors (Lipinski definition) is 0. The number of halogens is 7. The summed E-state index contributed by atoms with van der Waals surface area (Å²) in [6.45, 7) is 1.55. The van der Waals surface area contributed by atoms with Crippen LogP contribution in [0.15, 0.2) is 48.5 Å². The van der Waals surface area contributed by atoms with E-state index in [0.29, 0.717) is 5.56 Å². The monoisotopic (exact) mass is 472 g/mol. The maximum atomic E-state index is 14.5. The van der Waals surface area contributed by atoms with Crippen LogP contribution in [0.4, 0.5) is 30.7 Å². The molecule has 0 fully saturated rings. The van der Waals surface area contributed by atoms with Crippen molar-refractivity contribution in [1.29, 1.82) is 0 Å². The second-order valence-electron chi connectivity index (χ2n) is 7.81. The second-order valence-corrected chi connectivity index (χ2v) is 7.81. The quantitative estimate of drug-likeness (QED) is 0.167. The van der Waals surface area contributed by atoms with Gasteiger partial charge in [0.1, 0.15) is 23.3 Å². The van der Waals surface area contributed by atoms with E-state index in [1.807, 2.05) is 0 Å². The molecular formula is C27H15F7. The maximum absolute atomic E-state index is 14.5. The summed E-state index contributed by atoms with van der Waals surface area (Å²) in [5.41, 5.74) is 0.115. The number of aryl methyl sites for hydroxylation is 2. The zero-order chi connectivity index (χ0) is 24.6. The fourth-order valence-corrected chi connectivity index (χ4v) is 3.64. The van der Waals surface area contributed by atoms with Crippen molar-refractivity contribution >= 4 is 10.8 Å². The molecule has 0 N–H and O–H groups in total. The summed E-state index contributed by atoms with van der Waals surface area (Å²) in [4.78, 5) is 0. The summed E-state index contributed by atoms with van der Waals surface area (Å²) >= 11 is 0. The molecule has 4 rings (SSSR count). The highest BCUT2D eigenvalue weighted by Crippen LogP contribution is 2.24. The fourth-order valence-electron chi connectivity index (χ4n) is 3.64. The van der Waals surface area contributed by atoms with Gasteiger partial charge in [0.25, 0.3) is 0 Å². The van der Waals surface area contributed by atoms with Crippen molar-refractivity contribution in [3.05, 3.63) is 117 Å². The molecule has 0 aliphatic rings. The van der Waals surface area contributed by atoms with Gasteiger partial charge in [0.05, 0.1) is 5.56 Å². The van der Waals surface area contributed by atoms with E-state index in [-0.39, 0.29) is 40.3 Å². The summed E-state index contributed by atoms with van der Waals surface area (Å²) in [6, 6.07) is 9.00. The molecular weight excluding hydrogens is 457 g/mol. The lowest BCUT2D eigenvalue weighted by atomic mass is 10.0. The Kier molecular flexibility index (Phi) is 6.34. The summed E-state index contributed by atoms with van der Waals surface area (Å²) in [5.74, 6) is -2.81. The molecule has 4 aromatic carbocycles. The summed E-state index contributed by atoms with van der Waals surface area (Å²) in [5, 5.41) is -0.123. The molecule has 0 aliphatic heterocycles. The molecule has 0 saturated carbocycles. The van der Waals surface area contributed by atoms with E-state index in [4.69, 9.17) is 0 Å². The van der Waals surface area contributed by atoms with Crippen LogP contribution in [0, 0.1) is 59.5 Å². The topological polar surface area (TPSA) is 0 Å². The Morgan fingerprint density at radius 1 is 0.618 bits per heavy atom. The van der Waals surface area contributed by atoms with Crippen LogP contribution < -0.4 is 0 Å². The Morgan fingerprint density at radius 3 is 1.91 bits per heavy atom. The lowest BCUT2D eigenvalue weighted by Crippen LogP contribution is -2.01. The average molecular weight is 472 g/mol. The van der Waals surface area contributed by atoms with Crippen LogP contribution in [0.3, 0.4) is 0 Å². The van der Waals surface area contributed by atoms with Crippen molar-refractivity contribution in [3.8, 4) is 11.8 Å². The van der Waals surface area contributed by atoms with Crippen molar-refractivity contribution in [2.75, 3.05) is 0 Å². The first-order valence-corrected chi connectivity index (χ1v) is 10.2. The number of benzene rings is 4. The molecule has 0 nitrogen and oxygen atoms in total. The van der Waals surface area contributed by atoms with E-state index in [0.717, 1.165) is 18.2 Å². The minimum absolute atomic E-state index is 0.00316. The molecule has 0 bridgehead atoms. The third-order valence-corrected chi connectivity index (χ3v) is 5.36. The second kappa shape index (κ2) is 9.22. The number of rotatable bonds is 3. The molecule has 0 unspecified atom stereocenters. The standard InChI is InChI=1S/C27H15F7/c1-14-8-21(28)19(22(29)9-14)7-4-16-11-23(30)20(24(31)12-16)6-3-15-2-5-18-17(10-15)13-25(32)27(34)26(18)33/h2,5,8-13H,4,7H2,1H3. The third-order valence-electron chi connectivity index (χ3n) is 5.36. The molecule has 0 amide bonds. The molecule has 34 heavy (non-hydrogen) atoms. The first kappa shape index (κ1) is 23.4. The van der Waals surface area contributed by atoms with Gasteiger partial charge in [-0.1, -0.05) is 17.9 Å².